The minimum absolute atomic E-state index is 0.0196. The summed E-state index contributed by atoms with van der Waals surface area (Å²) in [4.78, 5) is 25.9. The molecular formula is C18H25NO3. The predicted octanol–water partition coefficient (Wildman–Crippen LogP) is 2.37. The van der Waals surface area contributed by atoms with E-state index in [1.54, 1.807) is 0 Å². The van der Waals surface area contributed by atoms with Crippen molar-refractivity contribution in [3.63, 3.8) is 0 Å². The quantitative estimate of drug-likeness (QED) is 0.736. The van der Waals surface area contributed by atoms with Crippen LogP contribution >= 0.6 is 0 Å². The average molecular weight is 303 g/mol. The third kappa shape index (κ3) is 1.82. The lowest BCUT2D eigenvalue weighted by molar-refractivity contribution is -0.171. The van der Waals surface area contributed by atoms with Crippen LogP contribution < -0.4 is 0 Å². The smallest absolute Gasteiger partial charge is 0.306 e. The summed E-state index contributed by atoms with van der Waals surface area (Å²) in [7, 11) is 0. The van der Waals surface area contributed by atoms with E-state index in [2.05, 4.69) is 4.90 Å². The van der Waals surface area contributed by atoms with Gasteiger partial charge in [0.25, 0.3) is 0 Å². The Kier molecular flexibility index (Phi) is 2.60. The number of carbonyl (C=O) groups excluding carboxylic acids is 2. The summed E-state index contributed by atoms with van der Waals surface area (Å²) >= 11 is 0. The van der Waals surface area contributed by atoms with Crippen LogP contribution in [0.5, 0.6) is 0 Å². The highest BCUT2D eigenvalue weighted by Gasteiger charge is 2.59. The van der Waals surface area contributed by atoms with Gasteiger partial charge in [-0.05, 0) is 37.5 Å². The molecule has 22 heavy (non-hydrogen) atoms. The van der Waals surface area contributed by atoms with E-state index in [-0.39, 0.29) is 17.3 Å². The fourth-order valence-corrected chi connectivity index (χ4v) is 5.80. The molecule has 0 atom stereocenters. The van der Waals surface area contributed by atoms with Crippen molar-refractivity contribution in [2.24, 2.45) is 28.6 Å². The first kappa shape index (κ1) is 13.4. The molecule has 2 spiro atoms. The van der Waals surface area contributed by atoms with E-state index in [9.17, 15) is 9.59 Å². The van der Waals surface area contributed by atoms with E-state index in [1.165, 1.54) is 32.1 Å². The van der Waals surface area contributed by atoms with Crippen LogP contribution in [0.3, 0.4) is 0 Å². The van der Waals surface area contributed by atoms with Crippen LogP contribution in [0.15, 0.2) is 0 Å². The number of likely N-dealkylation sites (tertiary alicyclic amines) is 1. The minimum Gasteiger partial charge on any atom is -0.465 e. The normalized spacial score (nSPS) is 33.1. The lowest BCUT2D eigenvalue weighted by Gasteiger charge is -2.62. The van der Waals surface area contributed by atoms with Gasteiger partial charge in [-0.2, -0.15) is 0 Å². The molecule has 5 aliphatic rings. The summed E-state index contributed by atoms with van der Waals surface area (Å²) in [5, 5.41) is 0. The molecule has 4 nitrogen and oxygen atoms in total. The van der Waals surface area contributed by atoms with Crippen molar-refractivity contribution in [1.29, 1.82) is 0 Å². The van der Waals surface area contributed by atoms with Crippen LogP contribution in [-0.2, 0) is 14.3 Å². The molecule has 0 unspecified atom stereocenters. The van der Waals surface area contributed by atoms with E-state index in [0.717, 1.165) is 37.8 Å². The molecule has 4 heteroatoms. The Bertz CT molecular complexity index is 518. The largest absolute Gasteiger partial charge is 0.465 e. The van der Waals surface area contributed by atoms with Crippen molar-refractivity contribution in [3.8, 4) is 0 Å². The molecule has 1 amide bonds. The maximum absolute atomic E-state index is 12.5. The van der Waals surface area contributed by atoms with Crippen molar-refractivity contribution in [3.05, 3.63) is 0 Å². The highest BCUT2D eigenvalue weighted by molar-refractivity contribution is 5.82. The van der Waals surface area contributed by atoms with E-state index in [1.807, 2.05) is 0 Å². The van der Waals surface area contributed by atoms with Crippen LogP contribution in [0, 0.1) is 28.6 Å². The Labute approximate surface area is 131 Å². The van der Waals surface area contributed by atoms with Crippen LogP contribution in [0.1, 0.15) is 51.4 Å². The zero-order chi connectivity index (χ0) is 14.9. The molecule has 0 aromatic carbocycles. The molecular weight excluding hydrogens is 278 g/mol. The van der Waals surface area contributed by atoms with Gasteiger partial charge in [-0.3, -0.25) is 9.59 Å². The van der Waals surface area contributed by atoms with Gasteiger partial charge >= 0.3 is 5.97 Å². The van der Waals surface area contributed by atoms with Crippen molar-refractivity contribution >= 4 is 11.9 Å². The summed E-state index contributed by atoms with van der Waals surface area (Å²) in [6.45, 7) is 2.56. The zero-order valence-corrected chi connectivity index (χ0v) is 13.2. The Balaban J connectivity index is 1.10. The van der Waals surface area contributed by atoms with Crippen molar-refractivity contribution in [2.45, 2.75) is 51.4 Å². The maximum Gasteiger partial charge on any atom is 0.306 e. The summed E-state index contributed by atoms with van der Waals surface area (Å²) in [5.74, 6) is 2.42. The number of ether oxygens (including phenoxy) is 1. The first-order valence-corrected chi connectivity index (χ1v) is 9.01. The standard InChI is InChI=1S/C18H25NO3/c20-15-8-17(11-22-15)6-14(7-17)16(21)19-9-18(10-19)4-13(5-18)12-2-1-3-12/h12-14H,1-11H2. The summed E-state index contributed by atoms with van der Waals surface area (Å²) in [6, 6.07) is 0. The SMILES string of the molecule is O=C1CC2(CO1)CC(C(=O)N1CC3(CC(C4CCC4)C3)C1)C2. The lowest BCUT2D eigenvalue weighted by atomic mass is 9.51. The number of cyclic esters (lactones) is 1. The molecule has 3 saturated carbocycles. The molecule has 0 radical (unpaired) electrons. The van der Waals surface area contributed by atoms with Gasteiger partial charge in [0.2, 0.25) is 5.91 Å². The monoisotopic (exact) mass is 303 g/mol. The number of esters is 1. The first-order valence-electron chi connectivity index (χ1n) is 9.01. The number of hydrogen-bond acceptors (Lipinski definition) is 3. The van der Waals surface area contributed by atoms with E-state index in [0.29, 0.717) is 24.3 Å². The number of carbonyl (C=O) groups is 2. The molecule has 120 valence electrons. The fraction of sp³-hybridized carbons (Fsp3) is 0.889. The Morgan fingerprint density at radius 3 is 2.32 bits per heavy atom. The maximum atomic E-state index is 12.5. The Morgan fingerprint density at radius 2 is 1.77 bits per heavy atom. The number of amides is 1. The van der Waals surface area contributed by atoms with Crippen molar-refractivity contribution < 1.29 is 14.3 Å². The highest BCUT2D eigenvalue weighted by Crippen LogP contribution is 2.59. The molecule has 3 aliphatic carbocycles. The van der Waals surface area contributed by atoms with Gasteiger partial charge in [0.1, 0.15) is 0 Å². The molecule has 2 aliphatic heterocycles. The van der Waals surface area contributed by atoms with Crippen LogP contribution in [-0.4, -0.2) is 36.5 Å². The molecule has 0 N–H and O–H groups in total. The third-order valence-electron chi connectivity index (χ3n) is 7.34. The van der Waals surface area contributed by atoms with Crippen molar-refractivity contribution in [2.75, 3.05) is 19.7 Å². The van der Waals surface area contributed by atoms with Gasteiger partial charge in [0.15, 0.2) is 0 Å². The summed E-state index contributed by atoms with van der Waals surface area (Å²) in [5.41, 5.74) is 0.523. The van der Waals surface area contributed by atoms with E-state index in [4.69, 9.17) is 4.74 Å². The Hall–Kier alpha value is -1.06. The second-order valence-electron chi connectivity index (χ2n) is 9.00. The lowest BCUT2D eigenvalue weighted by Crippen LogP contribution is -2.66. The van der Waals surface area contributed by atoms with E-state index < -0.39 is 0 Å². The third-order valence-corrected chi connectivity index (χ3v) is 7.34. The summed E-state index contributed by atoms with van der Waals surface area (Å²) in [6.07, 6.45) is 9.36. The van der Waals surface area contributed by atoms with Gasteiger partial charge in [-0.15, -0.1) is 0 Å². The average Bonchev–Trinajstić information content (AvgIpc) is 2.67. The van der Waals surface area contributed by atoms with Gasteiger partial charge in [-0.25, -0.2) is 0 Å². The first-order chi connectivity index (χ1) is 10.6. The summed E-state index contributed by atoms with van der Waals surface area (Å²) < 4.78 is 5.09. The molecule has 0 aromatic rings. The number of nitrogens with zero attached hydrogens (tertiary/aromatic N) is 1. The van der Waals surface area contributed by atoms with Gasteiger partial charge in [-0.1, -0.05) is 19.3 Å². The van der Waals surface area contributed by atoms with Gasteiger partial charge in [0.05, 0.1) is 13.0 Å². The Morgan fingerprint density at radius 1 is 1.05 bits per heavy atom. The molecule has 5 rings (SSSR count). The van der Waals surface area contributed by atoms with Gasteiger partial charge < -0.3 is 9.64 Å². The number of hydrogen-bond donors (Lipinski definition) is 0. The highest BCUT2D eigenvalue weighted by atomic mass is 16.5. The van der Waals surface area contributed by atoms with E-state index >= 15 is 0 Å². The predicted molar refractivity (Wildman–Crippen MR) is 79.8 cm³/mol. The van der Waals surface area contributed by atoms with Gasteiger partial charge in [0, 0.05) is 29.8 Å². The van der Waals surface area contributed by atoms with Crippen LogP contribution in [0.4, 0.5) is 0 Å². The second-order valence-corrected chi connectivity index (χ2v) is 9.00. The van der Waals surface area contributed by atoms with Crippen LogP contribution in [0.25, 0.3) is 0 Å². The minimum atomic E-state index is -0.0784. The molecule has 5 fully saturated rings. The molecule has 0 bridgehead atoms. The second kappa shape index (κ2) is 4.27. The topological polar surface area (TPSA) is 46.6 Å². The molecule has 0 aromatic heterocycles. The van der Waals surface area contributed by atoms with Crippen molar-refractivity contribution in [1.82, 2.24) is 4.90 Å². The number of rotatable bonds is 2. The van der Waals surface area contributed by atoms with Crippen LogP contribution in [0.2, 0.25) is 0 Å². The molecule has 2 heterocycles. The zero-order valence-electron chi connectivity index (χ0n) is 13.2. The fourth-order valence-electron chi connectivity index (χ4n) is 5.80. The molecule has 2 saturated heterocycles.